The van der Waals surface area contributed by atoms with Gasteiger partial charge in [-0.05, 0) is 7.05 Å². The van der Waals surface area contributed by atoms with Crippen LogP contribution in [0.25, 0.3) is 0 Å². The molecule has 11 heavy (non-hydrogen) atoms. The predicted molar refractivity (Wildman–Crippen MR) is 50.8 cm³/mol. The van der Waals surface area contributed by atoms with Gasteiger partial charge in [-0.15, -0.1) is 24.8 Å². The van der Waals surface area contributed by atoms with Gasteiger partial charge in [0, 0.05) is 19.8 Å². The van der Waals surface area contributed by atoms with Gasteiger partial charge < -0.3 is 10.1 Å². The fourth-order valence-electron chi connectivity index (χ4n) is 0.983. The molecule has 0 aromatic rings. The monoisotopic (exact) mass is 202 g/mol. The zero-order valence-corrected chi connectivity index (χ0v) is 8.34. The normalized spacial score (nSPS) is 18.3. The van der Waals surface area contributed by atoms with E-state index in [0.29, 0.717) is 0 Å². The van der Waals surface area contributed by atoms with Crippen molar-refractivity contribution < 1.29 is 4.74 Å². The van der Waals surface area contributed by atoms with Gasteiger partial charge >= 0.3 is 0 Å². The molecule has 1 saturated heterocycles. The van der Waals surface area contributed by atoms with Crippen LogP contribution in [0, 0.1) is 0 Å². The number of rotatable bonds is 2. The molecule has 0 amide bonds. The number of ether oxygens (including phenoxy) is 1. The second-order valence-electron chi connectivity index (χ2n) is 2.24. The summed E-state index contributed by atoms with van der Waals surface area (Å²) in [5, 5.41) is 3.11. The summed E-state index contributed by atoms with van der Waals surface area (Å²) in [5.74, 6) is 0. The van der Waals surface area contributed by atoms with Crippen LogP contribution >= 0.6 is 24.8 Å². The second kappa shape index (κ2) is 8.56. The number of halogens is 2. The van der Waals surface area contributed by atoms with Crippen molar-refractivity contribution >= 4 is 24.8 Å². The van der Waals surface area contributed by atoms with Crippen LogP contribution in [0.15, 0.2) is 0 Å². The smallest absolute Gasteiger partial charge is 0.0594 e. The Morgan fingerprint density at radius 2 is 1.82 bits per heavy atom. The summed E-state index contributed by atoms with van der Waals surface area (Å²) in [7, 11) is 1.97. The van der Waals surface area contributed by atoms with Gasteiger partial charge in [0.15, 0.2) is 0 Å². The fourth-order valence-corrected chi connectivity index (χ4v) is 0.983. The third-order valence-electron chi connectivity index (χ3n) is 1.49. The van der Waals surface area contributed by atoms with Gasteiger partial charge in [-0.25, -0.2) is 0 Å². The van der Waals surface area contributed by atoms with Crippen molar-refractivity contribution in [3.05, 3.63) is 0 Å². The third-order valence-corrected chi connectivity index (χ3v) is 1.49. The largest absolute Gasteiger partial charge is 0.379 e. The van der Waals surface area contributed by atoms with Crippen molar-refractivity contribution in [1.29, 1.82) is 0 Å². The first-order chi connectivity index (χ1) is 4.43. The zero-order chi connectivity index (χ0) is 6.53. The second-order valence-corrected chi connectivity index (χ2v) is 2.24. The van der Waals surface area contributed by atoms with Crippen LogP contribution in [0.3, 0.4) is 0 Å². The number of morpholine rings is 1. The lowest BCUT2D eigenvalue weighted by atomic mass is 10.4. The van der Waals surface area contributed by atoms with Crippen molar-refractivity contribution in [2.45, 2.75) is 0 Å². The third kappa shape index (κ3) is 5.70. The van der Waals surface area contributed by atoms with Crippen molar-refractivity contribution in [3.8, 4) is 0 Å². The van der Waals surface area contributed by atoms with E-state index in [9.17, 15) is 0 Å². The molecule has 0 radical (unpaired) electrons. The lowest BCUT2D eigenvalue weighted by molar-refractivity contribution is 0.0352. The molecule has 0 spiro atoms. The van der Waals surface area contributed by atoms with Crippen molar-refractivity contribution in [2.75, 3.05) is 40.0 Å². The molecule has 0 aromatic heterocycles. The van der Waals surface area contributed by atoms with E-state index >= 15 is 0 Å². The van der Waals surface area contributed by atoms with E-state index in [2.05, 4.69) is 10.2 Å². The standard InChI is InChI=1S/C6H14N2O.2ClH/c1-7-6-8-2-4-9-5-3-8;;/h7H,2-6H2,1H3;2*1H. The molecule has 0 unspecified atom stereocenters. The maximum absolute atomic E-state index is 5.18. The highest BCUT2D eigenvalue weighted by molar-refractivity contribution is 5.85. The molecule has 1 heterocycles. The van der Waals surface area contributed by atoms with Gasteiger partial charge in [0.05, 0.1) is 13.2 Å². The Hall–Kier alpha value is 0.460. The van der Waals surface area contributed by atoms with E-state index in [0.717, 1.165) is 33.0 Å². The SMILES string of the molecule is CNCN1CCOCC1.Cl.Cl. The summed E-state index contributed by atoms with van der Waals surface area (Å²) in [4.78, 5) is 2.34. The highest BCUT2D eigenvalue weighted by Gasteiger charge is 2.07. The number of nitrogens with one attached hydrogen (secondary N) is 1. The van der Waals surface area contributed by atoms with Crippen LogP contribution < -0.4 is 5.32 Å². The van der Waals surface area contributed by atoms with Gasteiger partial charge in [0.2, 0.25) is 0 Å². The van der Waals surface area contributed by atoms with Crippen LogP contribution in [0.2, 0.25) is 0 Å². The molecule has 70 valence electrons. The van der Waals surface area contributed by atoms with E-state index in [4.69, 9.17) is 4.74 Å². The average molecular weight is 203 g/mol. The molecule has 0 bridgehead atoms. The number of hydrogen-bond donors (Lipinski definition) is 1. The lowest BCUT2D eigenvalue weighted by Crippen LogP contribution is -2.40. The van der Waals surface area contributed by atoms with E-state index < -0.39 is 0 Å². The van der Waals surface area contributed by atoms with Gasteiger partial charge in [-0.3, -0.25) is 4.90 Å². The molecule has 0 atom stereocenters. The van der Waals surface area contributed by atoms with Crippen LogP contribution in [0.5, 0.6) is 0 Å². The fraction of sp³-hybridized carbons (Fsp3) is 1.00. The Bertz CT molecular complexity index is 76.2. The summed E-state index contributed by atoms with van der Waals surface area (Å²) in [6.45, 7) is 4.91. The van der Waals surface area contributed by atoms with Gasteiger partial charge in [0.25, 0.3) is 0 Å². The van der Waals surface area contributed by atoms with Gasteiger partial charge in [0.1, 0.15) is 0 Å². The van der Waals surface area contributed by atoms with Crippen LogP contribution in [-0.2, 0) is 4.74 Å². The number of nitrogens with zero attached hydrogens (tertiary/aromatic N) is 1. The molecule has 1 fully saturated rings. The minimum Gasteiger partial charge on any atom is -0.379 e. The molecule has 0 saturated carbocycles. The average Bonchev–Trinajstić information content (AvgIpc) is 1.91. The Morgan fingerprint density at radius 3 is 2.27 bits per heavy atom. The first-order valence-corrected chi connectivity index (χ1v) is 3.38. The molecule has 1 N–H and O–H groups in total. The Labute approximate surface area is 80.3 Å². The van der Waals surface area contributed by atoms with Crippen LogP contribution in [0.4, 0.5) is 0 Å². The molecule has 1 aliphatic heterocycles. The van der Waals surface area contributed by atoms with Crippen LogP contribution in [0.1, 0.15) is 0 Å². The van der Waals surface area contributed by atoms with E-state index in [-0.39, 0.29) is 24.8 Å². The Morgan fingerprint density at radius 1 is 1.27 bits per heavy atom. The van der Waals surface area contributed by atoms with Crippen molar-refractivity contribution in [2.24, 2.45) is 0 Å². The molecule has 1 aliphatic rings. The summed E-state index contributed by atoms with van der Waals surface area (Å²) >= 11 is 0. The van der Waals surface area contributed by atoms with Crippen LogP contribution in [-0.4, -0.2) is 44.9 Å². The van der Waals surface area contributed by atoms with E-state index in [1.54, 1.807) is 0 Å². The summed E-state index contributed by atoms with van der Waals surface area (Å²) in [6.07, 6.45) is 0. The zero-order valence-electron chi connectivity index (χ0n) is 6.71. The first-order valence-electron chi connectivity index (χ1n) is 3.38. The number of hydrogen-bond acceptors (Lipinski definition) is 3. The van der Waals surface area contributed by atoms with E-state index in [1.165, 1.54) is 0 Å². The maximum atomic E-state index is 5.18. The van der Waals surface area contributed by atoms with Gasteiger partial charge in [-0.2, -0.15) is 0 Å². The molecule has 3 nitrogen and oxygen atoms in total. The quantitative estimate of drug-likeness (QED) is 0.700. The van der Waals surface area contributed by atoms with Gasteiger partial charge in [-0.1, -0.05) is 0 Å². The predicted octanol–water partition coefficient (Wildman–Crippen LogP) is 0.339. The Kier molecular flexibility index (Phi) is 10.9. The molecular formula is C6H16Cl2N2O. The highest BCUT2D eigenvalue weighted by atomic mass is 35.5. The highest BCUT2D eigenvalue weighted by Crippen LogP contribution is 1.92. The van der Waals surface area contributed by atoms with Crippen molar-refractivity contribution in [1.82, 2.24) is 10.2 Å². The summed E-state index contributed by atoms with van der Waals surface area (Å²) in [6, 6.07) is 0. The molecule has 5 heteroatoms. The molecular weight excluding hydrogens is 187 g/mol. The Balaban J connectivity index is 0. The minimum atomic E-state index is 0. The molecule has 1 rings (SSSR count). The topological polar surface area (TPSA) is 24.5 Å². The summed E-state index contributed by atoms with van der Waals surface area (Å²) in [5.41, 5.74) is 0. The maximum Gasteiger partial charge on any atom is 0.0594 e. The lowest BCUT2D eigenvalue weighted by Gasteiger charge is -2.25. The molecule has 0 aromatic carbocycles. The minimum absolute atomic E-state index is 0. The summed E-state index contributed by atoms with van der Waals surface area (Å²) < 4.78 is 5.18. The van der Waals surface area contributed by atoms with Crippen molar-refractivity contribution in [3.63, 3.8) is 0 Å². The van der Waals surface area contributed by atoms with E-state index in [1.807, 2.05) is 7.05 Å². The first kappa shape index (κ1) is 14.0. The molecule has 0 aliphatic carbocycles.